The second-order valence-corrected chi connectivity index (χ2v) is 11.3. The van der Waals surface area contributed by atoms with Gasteiger partial charge in [-0.25, -0.2) is 4.79 Å². The zero-order chi connectivity index (χ0) is 36.4. The Morgan fingerprint density at radius 1 is 0.646 bits per heavy atom. The number of aliphatic carboxylic acids is 3. The fraction of sp³-hybridized carbons (Fsp3) is 0.500. The van der Waals surface area contributed by atoms with Crippen LogP contribution < -0.4 is 32.3 Å². The van der Waals surface area contributed by atoms with E-state index in [1.54, 1.807) is 36.6 Å². The van der Waals surface area contributed by atoms with Crippen molar-refractivity contribution >= 4 is 59.2 Å². The SMILES string of the molecule is CSCC[C@H](NC(=O)[C@H](Cc1ccccc1)NC(=O)[C@H](CC(=O)O)NC(=O)[C@@H](N)CC(=O)O)C(=O)N[C@@H](CO)C(=O)N[C@@H](CO)C(=O)O. The summed E-state index contributed by atoms with van der Waals surface area (Å²) in [6, 6.07) is -1.42. The van der Waals surface area contributed by atoms with Gasteiger partial charge in [-0.3, -0.25) is 33.6 Å². The molecule has 0 saturated heterocycles. The van der Waals surface area contributed by atoms with Crippen LogP contribution in [-0.4, -0.2) is 134 Å². The van der Waals surface area contributed by atoms with Crippen molar-refractivity contribution in [3.63, 3.8) is 0 Å². The number of carboxylic acid groups (broad SMARTS) is 3. The number of thioether (sulfide) groups is 1. The van der Waals surface area contributed by atoms with E-state index in [0.717, 1.165) is 0 Å². The summed E-state index contributed by atoms with van der Waals surface area (Å²) in [5, 5.41) is 57.2. The second kappa shape index (κ2) is 21.2. The molecule has 1 rings (SSSR count). The third-order valence-corrected chi connectivity index (χ3v) is 7.16. The maximum Gasteiger partial charge on any atom is 0.328 e. The molecular weight excluding hydrogens is 660 g/mol. The van der Waals surface area contributed by atoms with Gasteiger partial charge in [0.2, 0.25) is 29.5 Å². The van der Waals surface area contributed by atoms with Crippen LogP contribution in [-0.2, 0) is 44.8 Å². The van der Waals surface area contributed by atoms with E-state index in [9.17, 15) is 48.6 Å². The summed E-state index contributed by atoms with van der Waals surface area (Å²) in [6.45, 7) is -1.95. The summed E-state index contributed by atoms with van der Waals surface area (Å²) in [5.41, 5.74) is 6.05. The van der Waals surface area contributed by atoms with E-state index in [1.165, 1.54) is 11.8 Å². The number of carboxylic acids is 3. The van der Waals surface area contributed by atoms with Crippen molar-refractivity contribution in [1.82, 2.24) is 26.6 Å². The van der Waals surface area contributed by atoms with Crippen LogP contribution in [0.15, 0.2) is 30.3 Å². The molecule has 0 aliphatic carbocycles. The summed E-state index contributed by atoms with van der Waals surface area (Å²) < 4.78 is 0. The topological polar surface area (TPSA) is 324 Å². The third-order valence-electron chi connectivity index (χ3n) is 6.52. The van der Waals surface area contributed by atoms with E-state index in [2.05, 4.69) is 21.3 Å². The molecular formula is C28H40N6O13S. The van der Waals surface area contributed by atoms with Crippen molar-refractivity contribution < 1.29 is 63.9 Å². The summed E-state index contributed by atoms with van der Waals surface area (Å²) in [5.74, 6) is -9.50. The maximum atomic E-state index is 13.6. The average molecular weight is 701 g/mol. The van der Waals surface area contributed by atoms with Crippen LogP contribution in [0.3, 0.4) is 0 Å². The van der Waals surface area contributed by atoms with Crippen LogP contribution in [0.25, 0.3) is 0 Å². The molecule has 6 atom stereocenters. The zero-order valence-electron chi connectivity index (χ0n) is 25.8. The van der Waals surface area contributed by atoms with E-state index in [1.807, 2.05) is 5.32 Å². The van der Waals surface area contributed by atoms with Crippen LogP contribution in [0.2, 0.25) is 0 Å². The minimum atomic E-state index is -1.78. The van der Waals surface area contributed by atoms with Crippen molar-refractivity contribution in [2.75, 3.05) is 25.2 Å². The van der Waals surface area contributed by atoms with Gasteiger partial charge in [0.05, 0.1) is 32.1 Å². The lowest BCUT2D eigenvalue weighted by Gasteiger charge is -2.26. The Hall–Kier alpha value is -4.79. The van der Waals surface area contributed by atoms with E-state index in [4.69, 9.17) is 21.1 Å². The molecule has 0 aromatic heterocycles. The van der Waals surface area contributed by atoms with Crippen molar-refractivity contribution in [3.05, 3.63) is 35.9 Å². The molecule has 19 nitrogen and oxygen atoms in total. The first-order valence-electron chi connectivity index (χ1n) is 14.3. The lowest BCUT2D eigenvalue weighted by atomic mass is 10.0. The normalized spacial score (nSPS) is 14.5. The molecule has 0 spiro atoms. The Bertz CT molecular complexity index is 1300. The molecule has 0 fully saturated rings. The number of benzene rings is 1. The first kappa shape index (κ1) is 41.2. The summed E-state index contributed by atoms with van der Waals surface area (Å²) >= 11 is 1.30. The highest BCUT2D eigenvalue weighted by Crippen LogP contribution is 2.08. The molecule has 0 bridgehead atoms. The van der Waals surface area contributed by atoms with Crippen molar-refractivity contribution in [2.24, 2.45) is 5.73 Å². The van der Waals surface area contributed by atoms with Crippen LogP contribution in [0.5, 0.6) is 0 Å². The molecule has 0 saturated carbocycles. The van der Waals surface area contributed by atoms with Gasteiger partial charge in [-0.05, 0) is 24.0 Å². The van der Waals surface area contributed by atoms with Crippen LogP contribution in [0, 0.1) is 0 Å². The fourth-order valence-electron chi connectivity index (χ4n) is 3.98. The van der Waals surface area contributed by atoms with Crippen molar-refractivity contribution in [1.29, 1.82) is 0 Å². The number of aliphatic hydroxyl groups is 2. The number of aliphatic hydroxyl groups excluding tert-OH is 2. The number of carbonyl (C=O) groups excluding carboxylic acids is 5. The van der Waals surface area contributed by atoms with Gasteiger partial charge in [0, 0.05) is 6.42 Å². The number of carbonyl (C=O) groups is 8. The molecule has 1 aromatic rings. The Morgan fingerprint density at radius 2 is 1.10 bits per heavy atom. The van der Waals surface area contributed by atoms with Crippen molar-refractivity contribution in [3.8, 4) is 0 Å². The molecule has 12 N–H and O–H groups in total. The van der Waals surface area contributed by atoms with E-state index >= 15 is 0 Å². The molecule has 0 radical (unpaired) electrons. The third kappa shape index (κ3) is 14.8. The molecule has 0 aliphatic heterocycles. The highest BCUT2D eigenvalue weighted by atomic mass is 32.2. The van der Waals surface area contributed by atoms with Gasteiger partial charge in [-0.1, -0.05) is 30.3 Å². The Morgan fingerprint density at radius 3 is 1.62 bits per heavy atom. The number of amides is 5. The minimum absolute atomic E-state index is 0.0158. The number of hydrogen-bond acceptors (Lipinski definition) is 12. The number of hydrogen-bond donors (Lipinski definition) is 11. The van der Waals surface area contributed by atoms with Gasteiger partial charge in [0.1, 0.15) is 30.2 Å². The molecule has 5 amide bonds. The highest BCUT2D eigenvalue weighted by molar-refractivity contribution is 7.98. The highest BCUT2D eigenvalue weighted by Gasteiger charge is 2.33. The number of rotatable bonds is 22. The average Bonchev–Trinajstić information content (AvgIpc) is 3.02. The van der Waals surface area contributed by atoms with Gasteiger partial charge in [-0.2, -0.15) is 11.8 Å². The Balaban J connectivity index is 3.27. The predicted octanol–water partition coefficient (Wildman–Crippen LogP) is -4.25. The monoisotopic (exact) mass is 700 g/mol. The lowest BCUT2D eigenvalue weighted by molar-refractivity contribution is -0.143. The summed E-state index contributed by atoms with van der Waals surface area (Å²) in [6.07, 6.45) is -0.260. The van der Waals surface area contributed by atoms with Crippen LogP contribution in [0.4, 0.5) is 0 Å². The van der Waals surface area contributed by atoms with Gasteiger partial charge in [0.25, 0.3) is 0 Å². The second-order valence-electron chi connectivity index (χ2n) is 10.3. The molecule has 266 valence electrons. The molecule has 1 aromatic carbocycles. The van der Waals surface area contributed by atoms with Gasteiger partial charge < -0.3 is 57.9 Å². The standard InChI is InChI=1S/C28H40N6O13S/c1-48-8-7-16(24(42)33-19(12-35)27(45)34-20(13-36)28(46)47)30-25(43)17(9-14-5-3-2-4-6-14)32-26(44)18(11-22(39)40)31-23(41)15(29)10-21(37)38/h2-6,15-20,35-36H,7-13,29H2,1H3,(H,30,43)(H,31,41)(H,32,44)(H,33,42)(H,34,45)(H,37,38)(H,39,40)(H,46,47)/t15-,16-,17-,18-,19-,20-/m0/s1. The van der Waals surface area contributed by atoms with Crippen molar-refractivity contribution in [2.45, 2.75) is 61.9 Å². The Labute approximate surface area is 278 Å². The maximum absolute atomic E-state index is 13.6. The molecule has 20 heteroatoms. The first-order valence-corrected chi connectivity index (χ1v) is 15.7. The van der Waals surface area contributed by atoms with E-state index in [0.29, 0.717) is 11.3 Å². The molecule has 0 unspecified atom stereocenters. The number of nitrogens with two attached hydrogens (primary N) is 1. The first-order chi connectivity index (χ1) is 22.6. The lowest BCUT2D eigenvalue weighted by Crippen LogP contribution is -2.60. The van der Waals surface area contributed by atoms with Gasteiger partial charge in [-0.15, -0.1) is 0 Å². The quantitative estimate of drug-likeness (QED) is 0.0546. The largest absolute Gasteiger partial charge is 0.481 e. The molecule has 48 heavy (non-hydrogen) atoms. The summed E-state index contributed by atoms with van der Waals surface area (Å²) in [4.78, 5) is 98.4. The van der Waals surface area contributed by atoms with Gasteiger partial charge in [0.15, 0.2) is 0 Å². The van der Waals surface area contributed by atoms with E-state index < -0.39 is 110 Å². The molecule has 0 aliphatic rings. The van der Waals surface area contributed by atoms with E-state index in [-0.39, 0.29) is 12.8 Å². The summed E-state index contributed by atoms with van der Waals surface area (Å²) in [7, 11) is 0. The minimum Gasteiger partial charge on any atom is -0.481 e. The van der Waals surface area contributed by atoms with Crippen LogP contribution in [0.1, 0.15) is 24.8 Å². The van der Waals surface area contributed by atoms with Gasteiger partial charge >= 0.3 is 17.9 Å². The zero-order valence-corrected chi connectivity index (χ0v) is 26.6. The smallest absolute Gasteiger partial charge is 0.328 e. The Kier molecular flexibility index (Phi) is 18.2. The molecule has 0 heterocycles. The number of nitrogens with one attached hydrogen (secondary N) is 5. The van der Waals surface area contributed by atoms with Crippen LogP contribution >= 0.6 is 11.8 Å². The predicted molar refractivity (Wildman–Crippen MR) is 167 cm³/mol. The fourth-order valence-corrected chi connectivity index (χ4v) is 4.45.